The Hall–Kier alpha value is -2.34. The highest BCUT2D eigenvalue weighted by Gasteiger charge is 2.31. The van der Waals surface area contributed by atoms with E-state index in [2.05, 4.69) is 22.7 Å². The van der Waals surface area contributed by atoms with Crippen LogP contribution in [-0.2, 0) is 13.0 Å². The van der Waals surface area contributed by atoms with E-state index in [-0.39, 0.29) is 18.0 Å². The Morgan fingerprint density at radius 3 is 2.88 bits per heavy atom. The van der Waals surface area contributed by atoms with Crippen molar-refractivity contribution in [2.45, 2.75) is 45.9 Å². The highest BCUT2D eigenvalue weighted by molar-refractivity contribution is 5.74. The second-order valence-electron chi connectivity index (χ2n) is 7.02. The fourth-order valence-electron chi connectivity index (χ4n) is 3.43. The summed E-state index contributed by atoms with van der Waals surface area (Å²) >= 11 is 0. The Labute approximate surface area is 148 Å². The largest absolute Gasteiger partial charge is 0.390 e. The lowest BCUT2D eigenvalue weighted by Gasteiger charge is -2.20. The third-order valence-electron chi connectivity index (χ3n) is 4.69. The molecule has 0 saturated heterocycles. The number of rotatable bonds is 5. The molecule has 134 valence electrons. The normalized spacial score (nSPS) is 20.2. The molecule has 1 aliphatic rings. The van der Waals surface area contributed by atoms with Crippen molar-refractivity contribution < 1.29 is 9.90 Å². The van der Waals surface area contributed by atoms with Crippen LogP contribution in [0.2, 0.25) is 0 Å². The van der Waals surface area contributed by atoms with E-state index >= 15 is 0 Å². The van der Waals surface area contributed by atoms with Crippen molar-refractivity contribution >= 4 is 6.03 Å². The van der Waals surface area contributed by atoms with Crippen LogP contribution >= 0.6 is 0 Å². The average molecular weight is 342 g/mol. The first-order valence-electron chi connectivity index (χ1n) is 8.75. The van der Waals surface area contributed by atoms with Crippen LogP contribution in [0.25, 0.3) is 0 Å². The number of hydrogen-bond acceptors (Lipinski definition) is 3. The van der Waals surface area contributed by atoms with Crippen molar-refractivity contribution in [1.29, 1.82) is 0 Å². The first kappa shape index (κ1) is 17.5. The smallest absolute Gasteiger partial charge is 0.315 e. The lowest BCUT2D eigenvalue weighted by atomic mass is 10.1. The highest BCUT2D eigenvalue weighted by Crippen LogP contribution is 2.30. The molecule has 1 aromatic heterocycles. The summed E-state index contributed by atoms with van der Waals surface area (Å²) in [6.07, 6.45) is 0.00500. The molecule has 3 N–H and O–H groups in total. The fourth-order valence-corrected chi connectivity index (χ4v) is 3.43. The van der Waals surface area contributed by atoms with E-state index in [1.54, 1.807) is 0 Å². The number of aryl methyl sites for hydroxylation is 2. The lowest BCUT2D eigenvalue weighted by molar-refractivity contribution is 0.142. The monoisotopic (exact) mass is 342 g/mol. The van der Waals surface area contributed by atoms with Crippen LogP contribution in [-0.4, -0.2) is 33.6 Å². The van der Waals surface area contributed by atoms with Crippen molar-refractivity contribution in [3.05, 3.63) is 52.8 Å². The average Bonchev–Trinajstić information content (AvgIpc) is 3.04. The Morgan fingerprint density at radius 1 is 1.40 bits per heavy atom. The second-order valence-corrected chi connectivity index (χ2v) is 7.02. The minimum absolute atomic E-state index is 0.249. The van der Waals surface area contributed by atoms with Crippen LogP contribution in [0.1, 0.15) is 35.5 Å². The maximum Gasteiger partial charge on any atom is 0.315 e. The lowest BCUT2D eigenvalue weighted by Crippen LogP contribution is -2.42. The number of aliphatic hydroxyl groups is 1. The summed E-state index contributed by atoms with van der Waals surface area (Å²) in [6.45, 7) is 7.40. The predicted molar refractivity (Wildman–Crippen MR) is 96.3 cm³/mol. The van der Waals surface area contributed by atoms with Gasteiger partial charge in [-0.3, -0.25) is 4.68 Å². The van der Waals surface area contributed by atoms with Crippen molar-refractivity contribution in [1.82, 2.24) is 20.4 Å². The van der Waals surface area contributed by atoms with E-state index in [1.807, 2.05) is 48.9 Å². The molecule has 3 atom stereocenters. The van der Waals surface area contributed by atoms with Gasteiger partial charge in [0.15, 0.2) is 0 Å². The molecule has 2 aromatic rings. The first-order valence-corrected chi connectivity index (χ1v) is 8.75. The van der Waals surface area contributed by atoms with Crippen LogP contribution in [0, 0.1) is 19.8 Å². The zero-order chi connectivity index (χ0) is 18.0. The summed E-state index contributed by atoms with van der Waals surface area (Å²) in [7, 11) is 0. The summed E-state index contributed by atoms with van der Waals surface area (Å²) in [4.78, 5) is 12.2. The van der Waals surface area contributed by atoms with Crippen LogP contribution < -0.4 is 10.6 Å². The summed E-state index contributed by atoms with van der Waals surface area (Å²) in [5.41, 5.74) is 4.22. The molecule has 6 nitrogen and oxygen atoms in total. The van der Waals surface area contributed by atoms with Gasteiger partial charge in [0.05, 0.1) is 17.8 Å². The number of benzene rings is 1. The van der Waals surface area contributed by atoms with Gasteiger partial charge in [0.2, 0.25) is 0 Å². The van der Waals surface area contributed by atoms with Crippen molar-refractivity contribution in [3.8, 4) is 0 Å². The summed E-state index contributed by atoms with van der Waals surface area (Å²) in [5, 5.41) is 20.5. The fraction of sp³-hybridized carbons (Fsp3) is 0.474. The van der Waals surface area contributed by atoms with Crippen LogP contribution in [0.4, 0.5) is 4.79 Å². The van der Waals surface area contributed by atoms with E-state index in [4.69, 9.17) is 0 Å². The SMILES string of the molecule is Cc1cc(C)n(CC(C)CNC(=O)NC2c3ccccc3CC2O)n1. The number of amides is 2. The minimum atomic E-state index is -0.574. The van der Waals surface area contributed by atoms with Gasteiger partial charge in [-0.25, -0.2) is 4.79 Å². The van der Waals surface area contributed by atoms with Gasteiger partial charge in [-0.2, -0.15) is 5.10 Å². The van der Waals surface area contributed by atoms with E-state index in [0.717, 1.165) is 29.1 Å². The minimum Gasteiger partial charge on any atom is -0.390 e. The number of nitrogens with one attached hydrogen (secondary N) is 2. The maximum absolute atomic E-state index is 12.2. The van der Waals surface area contributed by atoms with Crippen LogP contribution in [0.3, 0.4) is 0 Å². The number of nitrogens with zero attached hydrogens (tertiary/aromatic N) is 2. The van der Waals surface area contributed by atoms with Gasteiger partial charge in [-0.15, -0.1) is 0 Å². The van der Waals surface area contributed by atoms with E-state index in [1.165, 1.54) is 0 Å². The molecule has 3 rings (SSSR count). The van der Waals surface area contributed by atoms with Crippen LogP contribution in [0.5, 0.6) is 0 Å². The van der Waals surface area contributed by atoms with E-state index < -0.39 is 6.10 Å². The van der Waals surface area contributed by atoms with Gasteiger partial charge >= 0.3 is 6.03 Å². The molecule has 1 aromatic carbocycles. The molecule has 0 radical (unpaired) electrons. The molecule has 1 heterocycles. The Bertz CT molecular complexity index is 756. The summed E-state index contributed by atoms with van der Waals surface area (Å²) < 4.78 is 1.97. The molecule has 0 aliphatic heterocycles. The zero-order valence-corrected chi connectivity index (χ0v) is 15.0. The third-order valence-corrected chi connectivity index (χ3v) is 4.69. The first-order chi connectivity index (χ1) is 11.9. The second kappa shape index (κ2) is 7.27. The maximum atomic E-state index is 12.2. The molecule has 2 amide bonds. The summed E-state index contributed by atoms with van der Waals surface area (Å²) in [6, 6.07) is 9.29. The number of aromatic nitrogens is 2. The predicted octanol–water partition coefficient (Wildman–Crippen LogP) is 2.09. The van der Waals surface area contributed by atoms with E-state index in [9.17, 15) is 9.90 Å². The number of hydrogen-bond donors (Lipinski definition) is 3. The molecular formula is C19H26N4O2. The van der Waals surface area contributed by atoms with Gasteiger partial charge in [-0.05, 0) is 37.0 Å². The molecule has 0 bridgehead atoms. The van der Waals surface area contributed by atoms with Crippen molar-refractivity contribution in [2.75, 3.05) is 6.54 Å². The van der Waals surface area contributed by atoms with Gasteiger partial charge in [0, 0.05) is 25.2 Å². The highest BCUT2D eigenvalue weighted by atomic mass is 16.3. The Balaban J connectivity index is 1.50. The Morgan fingerprint density at radius 2 is 2.16 bits per heavy atom. The van der Waals surface area contributed by atoms with Crippen molar-refractivity contribution in [2.24, 2.45) is 5.92 Å². The molecule has 25 heavy (non-hydrogen) atoms. The number of urea groups is 1. The number of carbonyl (C=O) groups is 1. The third kappa shape index (κ3) is 4.02. The topological polar surface area (TPSA) is 79.2 Å². The molecule has 3 unspecified atom stereocenters. The molecule has 1 aliphatic carbocycles. The molecule has 0 saturated carbocycles. The van der Waals surface area contributed by atoms with Gasteiger partial charge in [0.25, 0.3) is 0 Å². The van der Waals surface area contributed by atoms with E-state index in [0.29, 0.717) is 13.0 Å². The standard InChI is InChI=1S/C19H26N4O2/c1-12(11-23-14(3)8-13(2)22-23)10-20-19(25)21-18-16-7-5-4-6-15(16)9-17(18)24/h4-8,12,17-18,24H,9-11H2,1-3H3,(H2,20,21,25). The van der Waals surface area contributed by atoms with Crippen molar-refractivity contribution in [3.63, 3.8) is 0 Å². The zero-order valence-electron chi connectivity index (χ0n) is 15.0. The molecular weight excluding hydrogens is 316 g/mol. The number of aliphatic hydroxyl groups excluding tert-OH is 1. The number of fused-ring (bicyclic) bond motifs is 1. The molecule has 0 spiro atoms. The van der Waals surface area contributed by atoms with Crippen LogP contribution in [0.15, 0.2) is 30.3 Å². The number of carbonyl (C=O) groups excluding carboxylic acids is 1. The Kier molecular flexibility index (Phi) is 5.08. The molecule has 0 fully saturated rings. The van der Waals surface area contributed by atoms with Gasteiger partial charge in [0.1, 0.15) is 0 Å². The molecule has 6 heteroatoms. The van der Waals surface area contributed by atoms with Gasteiger partial charge in [-0.1, -0.05) is 31.2 Å². The quantitative estimate of drug-likeness (QED) is 0.778. The van der Waals surface area contributed by atoms with Gasteiger partial charge < -0.3 is 15.7 Å². The summed E-state index contributed by atoms with van der Waals surface area (Å²) in [5.74, 6) is 0.254.